The Morgan fingerprint density at radius 2 is 1.70 bits per heavy atom. The summed E-state index contributed by atoms with van der Waals surface area (Å²) >= 11 is 5.92. The van der Waals surface area contributed by atoms with Gasteiger partial charge < -0.3 is 10.1 Å². The van der Waals surface area contributed by atoms with Crippen molar-refractivity contribution in [1.82, 2.24) is 9.21 Å². The molecule has 1 fully saturated rings. The average molecular weight is 540 g/mol. The topological polar surface area (TPSA) is 79.0 Å². The fourth-order valence-corrected chi connectivity index (χ4v) is 5.62. The third-order valence-corrected chi connectivity index (χ3v) is 8.19. The van der Waals surface area contributed by atoms with E-state index in [1.54, 1.807) is 30.3 Å². The summed E-state index contributed by atoms with van der Waals surface area (Å²) in [6.07, 6.45) is 4.17. The van der Waals surface area contributed by atoms with Crippen molar-refractivity contribution >= 4 is 39.3 Å². The molecule has 3 aromatic carbocycles. The lowest BCUT2D eigenvalue weighted by Crippen LogP contribution is -2.48. The number of amides is 1. The molecule has 0 aliphatic carbocycles. The highest BCUT2D eigenvalue weighted by atomic mass is 35.5. The summed E-state index contributed by atoms with van der Waals surface area (Å²) in [6, 6.07) is 21.1. The SMILES string of the molecule is CCOc1ccc(S(=O)(=O)N2CCN(C/C=C/c3ccccc3)CC2)cc1NC(=O)c1ccc(Cl)cc1. The second-order valence-electron chi connectivity index (χ2n) is 8.57. The first-order valence-electron chi connectivity index (χ1n) is 12.1. The Bertz CT molecular complexity index is 1340. The number of hydrogen-bond acceptors (Lipinski definition) is 5. The Morgan fingerprint density at radius 3 is 2.38 bits per heavy atom. The third-order valence-electron chi connectivity index (χ3n) is 6.05. The second kappa shape index (κ2) is 12.4. The van der Waals surface area contributed by atoms with Gasteiger partial charge in [0.15, 0.2) is 0 Å². The molecule has 1 saturated heterocycles. The van der Waals surface area contributed by atoms with Crippen LogP contribution >= 0.6 is 11.6 Å². The second-order valence-corrected chi connectivity index (χ2v) is 10.9. The summed E-state index contributed by atoms with van der Waals surface area (Å²) in [7, 11) is -3.74. The molecular weight excluding hydrogens is 510 g/mol. The number of carbonyl (C=O) groups excluding carboxylic acids is 1. The molecule has 0 aromatic heterocycles. The van der Waals surface area contributed by atoms with Gasteiger partial charge in [0, 0.05) is 43.3 Å². The molecule has 0 saturated carbocycles. The first-order chi connectivity index (χ1) is 17.9. The minimum absolute atomic E-state index is 0.111. The van der Waals surface area contributed by atoms with E-state index in [-0.39, 0.29) is 10.8 Å². The molecule has 4 rings (SSSR count). The van der Waals surface area contributed by atoms with Gasteiger partial charge in [0.1, 0.15) is 5.75 Å². The molecule has 1 aliphatic heterocycles. The standard InChI is InChI=1S/C28H30ClN3O4S/c1-2-36-27-15-14-25(21-26(27)30-28(33)23-10-12-24(29)13-11-23)37(34,35)32-19-17-31(18-20-32)16-6-9-22-7-4-3-5-8-22/h3-15,21H,2,16-20H2,1H3,(H,30,33)/b9-6+. The number of nitrogens with one attached hydrogen (secondary N) is 1. The van der Waals surface area contributed by atoms with Gasteiger partial charge in [-0.05, 0) is 55.0 Å². The van der Waals surface area contributed by atoms with E-state index in [4.69, 9.17) is 16.3 Å². The van der Waals surface area contributed by atoms with Crippen molar-refractivity contribution < 1.29 is 17.9 Å². The minimum atomic E-state index is -3.74. The first kappa shape index (κ1) is 26.9. The Morgan fingerprint density at radius 1 is 1.00 bits per heavy atom. The number of benzene rings is 3. The molecule has 1 heterocycles. The van der Waals surface area contributed by atoms with Crippen LogP contribution in [-0.2, 0) is 10.0 Å². The van der Waals surface area contributed by atoms with Crippen LogP contribution in [0.2, 0.25) is 5.02 Å². The van der Waals surface area contributed by atoms with E-state index in [0.29, 0.717) is 54.8 Å². The van der Waals surface area contributed by atoms with Crippen LogP contribution in [0.15, 0.2) is 83.8 Å². The number of hydrogen-bond donors (Lipinski definition) is 1. The summed E-state index contributed by atoms with van der Waals surface area (Å²) in [6.45, 7) is 5.00. The highest BCUT2D eigenvalue weighted by Gasteiger charge is 2.29. The lowest BCUT2D eigenvalue weighted by atomic mass is 10.2. The maximum atomic E-state index is 13.4. The van der Waals surface area contributed by atoms with E-state index < -0.39 is 10.0 Å². The van der Waals surface area contributed by atoms with Gasteiger partial charge in [-0.1, -0.05) is 54.1 Å². The summed E-state index contributed by atoms with van der Waals surface area (Å²) < 4.78 is 34.0. The number of nitrogens with zero attached hydrogens (tertiary/aromatic N) is 2. The predicted octanol–water partition coefficient (Wildman–Crippen LogP) is 5.01. The molecule has 37 heavy (non-hydrogen) atoms. The van der Waals surface area contributed by atoms with Crippen LogP contribution in [-0.4, -0.2) is 62.9 Å². The molecule has 0 spiro atoms. The minimum Gasteiger partial charge on any atom is -0.492 e. The Balaban J connectivity index is 1.43. The number of anilines is 1. The fourth-order valence-electron chi connectivity index (χ4n) is 4.05. The number of halogens is 1. The van der Waals surface area contributed by atoms with Gasteiger partial charge in [0.05, 0.1) is 17.2 Å². The van der Waals surface area contributed by atoms with Gasteiger partial charge in [-0.15, -0.1) is 0 Å². The summed E-state index contributed by atoms with van der Waals surface area (Å²) in [5.74, 6) is 0.0168. The smallest absolute Gasteiger partial charge is 0.255 e. The quantitative estimate of drug-likeness (QED) is 0.413. The maximum absolute atomic E-state index is 13.4. The number of ether oxygens (including phenoxy) is 1. The normalized spacial score (nSPS) is 15.1. The zero-order valence-electron chi connectivity index (χ0n) is 20.6. The molecule has 194 valence electrons. The molecule has 0 atom stereocenters. The van der Waals surface area contributed by atoms with Gasteiger partial charge in [0.2, 0.25) is 10.0 Å². The number of carbonyl (C=O) groups is 1. The van der Waals surface area contributed by atoms with Gasteiger partial charge in [-0.3, -0.25) is 9.69 Å². The third kappa shape index (κ3) is 6.99. The van der Waals surface area contributed by atoms with E-state index in [2.05, 4.69) is 22.4 Å². The summed E-state index contributed by atoms with van der Waals surface area (Å²) in [5, 5.41) is 3.30. The van der Waals surface area contributed by atoms with Crippen LogP contribution < -0.4 is 10.1 Å². The van der Waals surface area contributed by atoms with Gasteiger partial charge >= 0.3 is 0 Å². The molecule has 0 unspecified atom stereocenters. The van der Waals surface area contributed by atoms with Crippen molar-refractivity contribution in [3.63, 3.8) is 0 Å². The van der Waals surface area contributed by atoms with Crippen LogP contribution in [0.3, 0.4) is 0 Å². The highest BCUT2D eigenvalue weighted by Crippen LogP contribution is 2.30. The maximum Gasteiger partial charge on any atom is 0.255 e. The molecule has 0 radical (unpaired) electrons. The van der Waals surface area contributed by atoms with Crippen LogP contribution in [0.5, 0.6) is 5.75 Å². The Kier molecular flexibility index (Phi) is 9.00. The lowest BCUT2D eigenvalue weighted by Gasteiger charge is -2.33. The van der Waals surface area contributed by atoms with Crippen molar-refractivity contribution in [3.8, 4) is 5.75 Å². The van der Waals surface area contributed by atoms with E-state index in [1.807, 2.05) is 37.3 Å². The molecule has 1 amide bonds. The molecular formula is C28H30ClN3O4S. The van der Waals surface area contributed by atoms with Crippen LogP contribution in [0.4, 0.5) is 5.69 Å². The zero-order valence-corrected chi connectivity index (χ0v) is 22.2. The zero-order chi connectivity index (χ0) is 26.3. The number of piperazine rings is 1. The average Bonchev–Trinajstić information content (AvgIpc) is 2.91. The Hall–Kier alpha value is -3.17. The molecule has 0 bridgehead atoms. The van der Waals surface area contributed by atoms with Crippen molar-refractivity contribution in [2.24, 2.45) is 0 Å². The summed E-state index contributed by atoms with van der Waals surface area (Å²) in [4.78, 5) is 15.1. The van der Waals surface area contributed by atoms with E-state index in [1.165, 1.54) is 16.4 Å². The van der Waals surface area contributed by atoms with Crippen molar-refractivity contribution in [1.29, 1.82) is 0 Å². The highest BCUT2D eigenvalue weighted by molar-refractivity contribution is 7.89. The predicted molar refractivity (Wildman–Crippen MR) is 148 cm³/mol. The number of sulfonamides is 1. The van der Waals surface area contributed by atoms with Crippen LogP contribution in [0.25, 0.3) is 6.08 Å². The van der Waals surface area contributed by atoms with Crippen molar-refractivity contribution in [3.05, 3.63) is 95.0 Å². The van der Waals surface area contributed by atoms with Gasteiger partial charge in [0.25, 0.3) is 5.91 Å². The molecule has 1 N–H and O–H groups in total. The fraction of sp³-hybridized carbons (Fsp3) is 0.250. The van der Waals surface area contributed by atoms with E-state index in [0.717, 1.165) is 12.1 Å². The number of rotatable bonds is 9. The Labute approximate surface area is 223 Å². The van der Waals surface area contributed by atoms with Crippen LogP contribution in [0.1, 0.15) is 22.8 Å². The van der Waals surface area contributed by atoms with Gasteiger partial charge in [-0.25, -0.2) is 8.42 Å². The summed E-state index contributed by atoms with van der Waals surface area (Å²) in [5.41, 5.74) is 1.84. The monoisotopic (exact) mass is 539 g/mol. The van der Waals surface area contributed by atoms with E-state index >= 15 is 0 Å². The van der Waals surface area contributed by atoms with Crippen molar-refractivity contribution in [2.45, 2.75) is 11.8 Å². The van der Waals surface area contributed by atoms with E-state index in [9.17, 15) is 13.2 Å². The first-order valence-corrected chi connectivity index (χ1v) is 14.0. The van der Waals surface area contributed by atoms with Crippen molar-refractivity contribution in [2.75, 3.05) is 44.6 Å². The largest absolute Gasteiger partial charge is 0.492 e. The van der Waals surface area contributed by atoms with Gasteiger partial charge in [-0.2, -0.15) is 4.31 Å². The molecule has 1 aliphatic rings. The molecule has 3 aromatic rings. The van der Waals surface area contributed by atoms with Crippen LogP contribution in [0, 0.1) is 0 Å². The lowest BCUT2D eigenvalue weighted by molar-refractivity contribution is 0.102. The molecule has 9 heteroatoms. The molecule has 7 nitrogen and oxygen atoms in total.